The normalized spacial score (nSPS) is 13.5. The molecular weight excluding hydrogens is 524 g/mol. The van der Waals surface area contributed by atoms with Gasteiger partial charge in [0, 0.05) is 41.7 Å². The Morgan fingerprint density at radius 1 is 1.10 bits per heavy atom. The molecule has 2 aromatic heterocycles. The average Bonchev–Trinajstić information content (AvgIpc) is 3.63. The lowest BCUT2D eigenvalue weighted by molar-refractivity contribution is -0.133. The van der Waals surface area contributed by atoms with Crippen molar-refractivity contribution < 1.29 is 18.3 Å². The number of hydrogen-bond acceptors (Lipinski definition) is 5. The number of hydrogen-bond donors (Lipinski definition) is 0. The van der Waals surface area contributed by atoms with Crippen molar-refractivity contribution in [1.29, 1.82) is 0 Å². The van der Waals surface area contributed by atoms with E-state index in [1.807, 2.05) is 18.2 Å². The lowest BCUT2D eigenvalue weighted by atomic mass is 10.1. The molecule has 1 aliphatic carbocycles. The lowest BCUT2D eigenvalue weighted by Crippen LogP contribution is -2.42. The quantitative estimate of drug-likeness (QED) is 0.256. The summed E-state index contributed by atoms with van der Waals surface area (Å²) in [7, 11) is 1.55. The summed E-state index contributed by atoms with van der Waals surface area (Å²) in [6, 6.07) is 13.0. The van der Waals surface area contributed by atoms with Crippen molar-refractivity contribution in [2.24, 2.45) is 0 Å². The maximum atomic E-state index is 14.4. The van der Waals surface area contributed by atoms with Gasteiger partial charge in [0.25, 0.3) is 0 Å². The Morgan fingerprint density at radius 3 is 2.59 bits per heavy atom. The van der Waals surface area contributed by atoms with Crippen molar-refractivity contribution in [3.63, 3.8) is 0 Å². The number of ether oxygens (including phenoxy) is 1. The van der Waals surface area contributed by atoms with Crippen LogP contribution in [0.3, 0.4) is 0 Å². The van der Waals surface area contributed by atoms with Gasteiger partial charge >= 0.3 is 0 Å². The summed E-state index contributed by atoms with van der Waals surface area (Å²) in [4.78, 5) is 24.1. The van der Waals surface area contributed by atoms with Crippen LogP contribution in [0.2, 0.25) is 5.02 Å². The number of pyridine rings is 1. The van der Waals surface area contributed by atoms with Gasteiger partial charge in [0.1, 0.15) is 5.75 Å². The molecule has 1 amide bonds. The van der Waals surface area contributed by atoms with Gasteiger partial charge in [-0.3, -0.25) is 9.78 Å². The van der Waals surface area contributed by atoms with Gasteiger partial charge in [-0.25, -0.2) is 18.4 Å². The molecule has 0 spiro atoms. The predicted octanol–water partition coefficient (Wildman–Crippen LogP) is 5.96. The second kappa shape index (κ2) is 11.9. The highest BCUT2D eigenvalue weighted by Gasteiger charge is 2.28. The molecular formula is C29H28ClF2N5O2. The van der Waals surface area contributed by atoms with Crippen LogP contribution in [-0.2, 0) is 17.8 Å². The first-order valence-electron chi connectivity index (χ1n) is 12.9. The molecule has 1 fully saturated rings. The Balaban J connectivity index is 1.45. The summed E-state index contributed by atoms with van der Waals surface area (Å²) >= 11 is 6.41. The number of carbonyl (C=O) groups excluding carboxylic acids is 1. The van der Waals surface area contributed by atoms with Gasteiger partial charge in [0.05, 0.1) is 25.1 Å². The first-order valence-corrected chi connectivity index (χ1v) is 13.2. The molecule has 39 heavy (non-hydrogen) atoms. The molecule has 0 bridgehead atoms. The van der Waals surface area contributed by atoms with Gasteiger partial charge in [-0.05, 0) is 49.2 Å². The minimum absolute atomic E-state index is 0.0381. The van der Waals surface area contributed by atoms with Crippen LogP contribution in [-0.4, -0.2) is 50.3 Å². The van der Waals surface area contributed by atoms with Gasteiger partial charge in [0.15, 0.2) is 23.3 Å². The largest absolute Gasteiger partial charge is 0.495 e. The SMILES string of the molecule is COc1ccc(-c2nc(-c3ccncc3)nn2CCN(C(=O)Cc2cccc(F)c2F)C2CCCC2)cc1Cl. The lowest BCUT2D eigenvalue weighted by Gasteiger charge is -2.29. The standard InChI is InChI=1S/C29H28ClF2N5O2/c1-39-25-10-9-21(17-23(25)30)29-34-28(19-11-13-33-14-12-19)35-37(29)16-15-36(22-6-2-3-7-22)26(38)18-20-5-4-8-24(31)27(20)32/h4-5,8-14,17,22H,2-3,6-7,15-16,18H2,1H3. The highest BCUT2D eigenvalue weighted by Crippen LogP contribution is 2.31. The van der Waals surface area contributed by atoms with Gasteiger partial charge in [-0.1, -0.05) is 36.6 Å². The Kier molecular flexibility index (Phi) is 8.16. The molecule has 1 saturated carbocycles. The molecule has 7 nitrogen and oxygen atoms in total. The smallest absolute Gasteiger partial charge is 0.227 e. The molecule has 1 aliphatic rings. The molecule has 0 unspecified atom stereocenters. The molecule has 4 aromatic rings. The average molecular weight is 552 g/mol. The van der Waals surface area contributed by atoms with Crippen LogP contribution in [0.25, 0.3) is 22.8 Å². The Labute approximate surface area is 230 Å². The van der Waals surface area contributed by atoms with Crippen LogP contribution < -0.4 is 4.74 Å². The minimum Gasteiger partial charge on any atom is -0.495 e. The fourth-order valence-corrected chi connectivity index (χ4v) is 5.28. The summed E-state index contributed by atoms with van der Waals surface area (Å²) in [5, 5.41) is 5.19. The fourth-order valence-electron chi connectivity index (χ4n) is 5.02. The summed E-state index contributed by atoms with van der Waals surface area (Å²) in [6.07, 6.45) is 6.93. The maximum Gasteiger partial charge on any atom is 0.227 e. The highest BCUT2D eigenvalue weighted by molar-refractivity contribution is 6.32. The number of rotatable bonds is 9. The van der Waals surface area contributed by atoms with E-state index in [1.54, 1.807) is 41.2 Å². The summed E-state index contributed by atoms with van der Waals surface area (Å²) < 4.78 is 35.2. The van der Waals surface area contributed by atoms with Crippen LogP contribution in [0.5, 0.6) is 5.75 Å². The molecule has 202 valence electrons. The molecule has 10 heteroatoms. The van der Waals surface area contributed by atoms with Gasteiger partial charge < -0.3 is 9.64 Å². The second-order valence-corrected chi connectivity index (χ2v) is 9.89. The maximum absolute atomic E-state index is 14.4. The molecule has 0 saturated heterocycles. The van der Waals surface area contributed by atoms with Gasteiger partial charge in [-0.2, -0.15) is 5.10 Å². The zero-order valence-electron chi connectivity index (χ0n) is 21.5. The number of methoxy groups -OCH3 is 1. The third-order valence-corrected chi connectivity index (χ3v) is 7.33. The van der Waals surface area contributed by atoms with Crippen molar-refractivity contribution in [2.75, 3.05) is 13.7 Å². The van der Waals surface area contributed by atoms with Crippen molar-refractivity contribution in [3.05, 3.63) is 83.1 Å². The Morgan fingerprint density at radius 2 is 1.87 bits per heavy atom. The molecule has 2 aromatic carbocycles. The van der Waals surface area contributed by atoms with Crippen LogP contribution in [0.1, 0.15) is 31.2 Å². The molecule has 2 heterocycles. The van der Waals surface area contributed by atoms with E-state index in [-0.39, 0.29) is 23.9 Å². The van der Waals surface area contributed by atoms with Crippen LogP contribution in [0, 0.1) is 11.6 Å². The van der Waals surface area contributed by atoms with Crippen LogP contribution >= 0.6 is 11.6 Å². The monoisotopic (exact) mass is 551 g/mol. The number of carbonyl (C=O) groups is 1. The highest BCUT2D eigenvalue weighted by atomic mass is 35.5. The van der Waals surface area contributed by atoms with E-state index >= 15 is 0 Å². The van der Waals surface area contributed by atoms with Crippen molar-refractivity contribution in [1.82, 2.24) is 24.6 Å². The van der Waals surface area contributed by atoms with Gasteiger partial charge in [-0.15, -0.1) is 0 Å². The number of benzene rings is 2. The topological polar surface area (TPSA) is 73.1 Å². The Hall–Kier alpha value is -3.85. The zero-order valence-corrected chi connectivity index (χ0v) is 22.2. The predicted molar refractivity (Wildman–Crippen MR) is 144 cm³/mol. The van der Waals surface area contributed by atoms with Crippen LogP contribution in [0.15, 0.2) is 60.9 Å². The molecule has 5 rings (SSSR count). The zero-order chi connectivity index (χ0) is 27.4. The van der Waals surface area contributed by atoms with Crippen molar-refractivity contribution in [2.45, 2.75) is 44.7 Å². The third kappa shape index (κ3) is 5.93. The fraction of sp³-hybridized carbons (Fsp3) is 0.310. The summed E-state index contributed by atoms with van der Waals surface area (Å²) in [6.45, 7) is 0.696. The van der Waals surface area contributed by atoms with E-state index in [2.05, 4.69) is 4.98 Å². The molecule has 0 aliphatic heterocycles. The minimum atomic E-state index is -0.978. The molecule has 0 atom stereocenters. The summed E-state index contributed by atoms with van der Waals surface area (Å²) in [5.74, 6) is -0.532. The molecule has 0 radical (unpaired) electrons. The van der Waals surface area contributed by atoms with Crippen molar-refractivity contribution in [3.8, 4) is 28.5 Å². The summed E-state index contributed by atoms with van der Waals surface area (Å²) in [5.41, 5.74) is 1.60. The molecule has 0 N–H and O–H groups in total. The Bertz CT molecular complexity index is 1460. The third-order valence-electron chi connectivity index (χ3n) is 7.03. The van der Waals surface area contributed by atoms with Crippen molar-refractivity contribution >= 4 is 17.5 Å². The number of amides is 1. The van der Waals surface area contributed by atoms with E-state index in [4.69, 9.17) is 26.4 Å². The van der Waals surface area contributed by atoms with E-state index in [0.717, 1.165) is 42.9 Å². The van der Waals surface area contributed by atoms with Crippen LogP contribution in [0.4, 0.5) is 8.78 Å². The first-order chi connectivity index (χ1) is 18.9. The number of aromatic nitrogens is 4. The van der Waals surface area contributed by atoms with E-state index in [1.165, 1.54) is 12.1 Å². The number of halogens is 3. The second-order valence-electron chi connectivity index (χ2n) is 9.48. The first kappa shape index (κ1) is 26.7. The van der Waals surface area contributed by atoms with E-state index in [9.17, 15) is 13.6 Å². The van der Waals surface area contributed by atoms with E-state index in [0.29, 0.717) is 35.5 Å². The van der Waals surface area contributed by atoms with Gasteiger partial charge in [0.2, 0.25) is 5.91 Å². The number of nitrogens with zero attached hydrogens (tertiary/aromatic N) is 5. The van der Waals surface area contributed by atoms with E-state index < -0.39 is 11.6 Å².